The van der Waals surface area contributed by atoms with Crippen molar-refractivity contribution < 1.29 is 0 Å². The van der Waals surface area contributed by atoms with Gasteiger partial charge in [0.25, 0.3) is 0 Å². The van der Waals surface area contributed by atoms with Gasteiger partial charge in [-0.15, -0.1) is 0 Å². The smallest absolute Gasteiger partial charge is 0.0104 e. The van der Waals surface area contributed by atoms with Gasteiger partial charge in [-0.2, -0.15) is 0 Å². The Morgan fingerprint density at radius 2 is 1.60 bits per heavy atom. The van der Waals surface area contributed by atoms with Crippen LogP contribution in [0.5, 0.6) is 0 Å². The Kier molecular flexibility index (Phi) is 6.06. The summed E-state index contributed by atoms with van der Waals surface area (Å²) in [5.74, 6) is 0. The third kappa shape index (κ3) is 3.83. The van der Waals surface area contributed by atoms with E-state index in [2.05, 4.69) is 54.4 Å². The van der Waals surface area contributed by atoms with Crippen molar-refractivity contribution in [1.29, 1.82) is 0 Å². The van der Waals surface area contributed by atoms with E-state index in [-0.39, 0.29) is 0 Å². The lowest BCUT2D eigenvalue weighted by molar-refractivity contribution is 0.174. The highest BCUT2D eigenvalue weighted by Gasteiger charge is 2.35. The minimum Gasteiger partial charge on any atom is -0.317 e. The Bertz CT molecular complexity index is 362. The lowest BCUT2D eigenvalue weighted by Gasteiger charge is -2.42. The topological polar surface area (TPSA) is 15.3 Å². The van der Waals surface area contributed by atoms with Gasteiger partial charge in [0.15, 0.2) is 0 Å². The molecular weight excluding hydrogens is 244 g/mol. The molecule has 1 N–H and O–H groups in total. The number of hydrogen-bond donors (Lipinski definition) is 1. The molecule has 2 rings (SSSR count). The molecule has 0 aliphatic carbocycles. The molecule has 0 atom stereocenters. The zero-order valence-electron chi connectivity index (χ0n) is 13.2. The third-order valence-corrected chi connectivity index (χ3v) is 4.55. The molecule has 1 aliphatic heterocycles. The van der Waals surface area contributed by atoms with E-state index >= 15 is 0 Å². The van der Waals surface area contributed by atoms with Gasteiger partial charge in [0.05, 0.1) is 0 Å². The Morgan fingerprint density at radius 3 is 2.15 bits per heavy atom. The van der Waals surface area contributed by atoms with Crippen molar-refractivity contribution in [3.8, 4) is 0 Å². The van der Waals surface area contributed by atoms with E-state index in [1.54, 1.807) is 5.56 Å². The van der Waals surface area contributed by atoms with Crippen LogP contribution in [-0.4, -0.2) is 37.6 Å². The van der Waals surface area contributed by atoms with E-state index in [0.29, 0.717) is 5.41 Å². The maximum absolute atomic E-state index is 3.53. The van der Waals surface area contributed by atoms with Crippen molar-refractivity contribution in [1.82, 2.24) is 10.2 Å². The fourth-order valence-electron chi connectivity index (χ4n) is 3.57. The van der Waals surface area contributed by atoms with E-state index in [1.807, 2.05) is 0 Å². The quantitative estimate of drug-likeness (QED) is 0.819. The summed E-state index contributed by atoms with van der Waals surface area (Å²) in [6.07, 6.45) is 5.04. The average molecular weight is 274 g/mol. The van der Waals surface area contributed by atoms with Gasteiger partial charge in [0.1, 0.15) is 0 Å². The van der Waals surface area contributed by atoms with Gasteiger partial charge < -0.3 is 10.2 Å². The average Bonchev–Trinajstić information content (AvgIpc) is 2.50. The standard InChI is InChI=1S/C18H30N2/c1-3-14-20(15-4-2)16-18(10-12-19-13-11-18)17-8-6-5-7-9-17/h5-9,19H,3-4,10-16H2,1-2H3. The fraction of sp³-hybridized carbons (Fsp3) is 0.667. The molecule has 2 heteroatoms. The highest BCUT2D eigenvalue weighted by molar-refractivity contribution is 5.27. The number of rotatable bonds is 7. The first kappa shape index (κ1) is 15.5. The molecular formula is C18H30N2. The van der Waals surface area contributed by atoms with Crippen LogP contribution in [0.3, 0.4) is 0 Å². The monoisotopic (exact) mass is 274 g/mol. The SMILES string of the molecule is CCCN(CCC)CC1(c2ccccc2)CCNCC1. The molecule has 1 saturated heterocycles. The van der Waals surface area contributed by atoms with Crippen molar-refractivity contribution in [2.24, 2.45) is 0 Å². The van der Waals surface area contributed by atoms with Gasteiger partial charge in [-0.1, -0.05) is 44.2 Å². The molecule has 1 aliphatic rings. The van der Waals surface area contributed by atoms with Gasteiger partial charge in [0, 0.05) is 12.0 Å². The summed E-state index contributed by atoms with van der Waals surface area (Å²) in [7, 11) is 0. The van der Waals surface area contributed by atoms with Crippen LogP contribution in [0.4, 0.5) is 0 Å². The first-order chi connectivity index (χ1) is 9.80. The Hall–Kier alpha value is -0.860. The molecule has 1 aromatic rings. The second kappa shape index (κ2) is 7.80. The molecule has 20 heavy (non-hydrogen) atoms. The second-order valence-electron chi connectivity index (χ2n) is 6.17. The van der Waals surface area contributed by atoms with E-state index in [4.69, 9.17) is 0 Å². The first-order valence-corrected chi connectivity index (χ1v) is 8.29. The maximum atomic E-state index is 3.53. The van der Waals surface area contributed by atoms with Crippen LogP contribution in [0.2, 0.25) is 0 Å². The molecule has 1 aromatic carbocycles. The largest absolute Gasteiger partial charge is 0.317 e. The minimum absolute atomic E-state index is 0.358. The molecule has 0 amide bonds. The molecule has 0 radical (unpaired) electrons. The van der Waals surface area contributed by atoms with Crippen LogP contribution in [-0.2, 0) is 5.41 Å². The Labute approximate surface area is 124 Å². The van der Waals surface area contributed by atoms with Crippen molar-refractivity contribution in [3.63, 3.8) is 0 Å². The number of benzene rings is 1. The van der Waals surface area contributed by atoms with E-state index in [1.165, 1.54) is 45.3 Å². The second-order valence-corrected chi connectivity index (χ2v) is 6.17. The summed E-state index contributed by atoms with van der Waals surface area (Å²) in [4.78, 5) is 2.68. The molecule has 1 heterocycles. The number of hydrogen-bond acceptors (Lipinski definition) is 2. The van der Waals surface area contributed by atoms with Gasteiger partial charge in [-0.25, -0.2) is 0 Å². The molecule has 0 bridgehead atoms. The summed E-state index contributed by atoms with van der Waals surface area (Å²) < 4.78 is 0. The lowest BCUT2D eigenvalue weighted by Crippen LogP contribution is -2.48. The normalized spacial score (nSPS) is 18.4. The highest BCUT2D eigenvalue weighted by atomic mass is 15.1. The maximum Gasteiger partial charge on any atom is 0.0104 e. The summed E-state index contributed by atoms with van der Waals surface area (Å²) >= 11 is 0. The molecule has 0 aromatic heterocycles. The summed E-state index contributed by atoms with van der Waals surface area (Å²) in [5.41, 5.74) is 1.90. The van der Waals surface area contributed by atoms with E-state index < -0.39 is 0 Å². The Balaban J connectivity index is 2.18. The lowest BCUT2D eigenvalue weighted by atomic mass is 9.72. The molecule has 0 unspecified atom stereocenters. The van der Waals surface area contributed by atoms with Gasteiger partial charge >= 0.3 is 0 Å². The third-order valence-electron chi connectivity index (χ3n) is 4.55. The van der Waals surface area contributed by atoms with Gasteiger partial charge in [0.2, 0.25) is 0 Å². The van der Waals surface area contributed by atoms with Crippen molar-refractivity contribution in [3.05, 3.63) is 35.9 Å². The molecule has 0 saturated carbocycles. The van der Waals surface area contributed by atoms with Crippen molar-refractivity contribution in [2.75, 3.05) is 32.7 Å². The molecule has 112 valence electrons. The van der Waals surface area contributed by atoms with Crippen LogP contribution in [0.25, 0.3) is 0 Å². The number of nitrogens with one attached hydrogen (secondary N) is 1. The molecule has 2 nitrogen and oxygen atoms in total. The molecule has 0 spiro atoms. The first-order valence-electron chi connectivity index (χ1n) is 8.29. The predicted molar refractivity (Wildman–Crippen MR) is 87.2 cm³/mol. The van der Waals surface area contributed by atoms with Crippen LogP contribution in [0.1, 0.15) is 45.1 Å². The van der Waals surface area contributed by atoms with Crippen LogP contribution < -0.4 is 5.32 Å². The highest BCUT2D eigenvalue weighted by Crippen LogP contribution is 2.34. The zero-order chi connectivity index (χ0) is 14.3. The number of nitrogens with zero attached hydrogens (tertiary/aromatic N) is 1. The minimum atomic E-state index is 0.358. The summed E-state index contributed by atoms with van der Waals surface area (Å²) in [5, 5.41) is 3.53. The van der Waals surface area contributed by atoms with E-state index in [0.717, 1.165) is 13.1 Å². The zero-order valence-corrected chi connectivity index (χ0v) is 13.2. The van der Waals surface area contributed by atoms with Crippen molar-refractivity contribution in [2.45, 2.75) is 44.9 Å². The summed E-state index contributed by atoms with van der Waals surface area (Å²) in [6, 6.07) is 11.2. The summed E-state index contributed by atoms with van der Waals surface area (Å²) in [6.45, 7) is 10.6. The van der Waals surface area contributed by atoms with Crippen molar-refractivity contribution >= 4 is 0 Å². The van der Waals surface area contributed by atoms with E-state index in [9.17, 15) is 0 Å². The Morgan fingerprint density at radius 1 is 1.00 bits per heavy atom. The fourth-order valence-corrected chi connectivity index (χ4v) is 3.57. The van der Waals surface area contributed by atoms with Crippen LogP contribution >= 0.6 is 0 Å². The van der Waals surface area contributed by atoms with Crippen LogP contribution in [0, 0.1) is 0 Å². The predicted octanol–water partition coefficient (Wildman–Crippen LogP) is 3.43. The molecule has 1 fully saturated rings. The van der Waals surface area contributed by atoms with Crippen LogP contribution in [0.15, 0.2) is 30.3 Å². The number of piperidine rings is 1. The van der Waals surface area contributed by atoms with Gasteiger partial charge in [-0.05, 0) is 57.4 Å². The van der Waals surface area contributed by atoms with Gasteiger partial charge in [-0.3, -0.25) is 0 Å².